The van der Waals surface area contributed by atoms with E-state index in [0.717, 1.165) is 0 Å². The van der Waals surface area contributed by atoms with Gasteiger partial charge in [-0.2, -0.15) is 5.26 Å². The minimum absolute atomic E-state index is 0.353. The summed E-state index contributed by atoms with van der Waals surface area (Å²) < 4.78 is 18.4. The van der Waals surface area contributed by atoms with Crippen LogP contribution in [0.4, 0.5) is 4.39 Å². The van der Waals surface area contributed by atoms with E-state index in [9.17, 15) is 9.50 Å². The Hall–Kier alpha value is -2.38. The zero-order valence-electron chi connectivity index (χ0n) is 10.3. The van der Waals surface area contributed by atoms with Gasteiger partial charge in [-0.15, -0.1) is 0 Å². The monoisotopic (exact) mass is 257 g/mol. The molecule has 0 aromatic heterocycles. The highest BCUT2D eigenvalue weighted by atomic mass is 19.1. The molecule has 2 aromatic carbocycles. The number of nitrogens with zero attached hydrogens (tertiary/aromatic N) is 1. The second-order valence-electron chi connectivity index (χ2n) is 4.10. The van der Waals surface area contributed by atoms with Crippen molar-refractivity contribution >= 4 is 0 Å². The van der Waals surface area contributed by atoms with E-state index in [1.807, 2.05) is 6.07 Å². The molecule has 0 aliphatic rings. The van der Waals surface area contributed by atoms with Gasteiger partial charge in [0.2, 0.25) is 0 Å². The van der Waals surface area contributed by atoms with Crippen molar-refractivity contribution in [1.82, 2.24) is 0 Å². The molecule has 96 valence electrons. The van der Waals surface area contributed by atoms with Gasteiger partial charge in [0.25, 0.3) is 0 Å². The average Bonchev–Trinajstić information content (AvgIpc) is 2.41. The number of hydrogen-bond donors (Lipinski definition) is 1. The summed E-state index contributed by atoms with van der Waals surface area (Å²) >= 11 is 0. The average molecular weight is 257 g/mol. The molecule has 4 heteroatoms. The second kappa shape index (κ2) is 5.51. The minimum Gasteiger partial charge on any atom is -0.457 e. The molecule has 0 heterocycles. The van der Waals surface area contributed by atoms with Crippen LogP contribution in [-0.4, -0.2) is 5.11 Å². The molecule has 3 nitrogen and oxygen atoms in total. The summed E-state index contributed by atoms with van der Waals surface area (Å²) in [4.78, 5) is 0. The molecule has 0 bridgehead atoms. The summed E-state index contributed by atoms with van der Waals surface area (Å²) in [6.07, 6.45) is -0.719. The fourth-order valence-electron chi connectivity index (χ4n) is 1.67. The molecular weight excluding hydrogens is 245 g/mol. The van der Waals surface area contributed by atoms with E-state index in [1.165, 1.54) is 24.3 Å². The first-order valence-electron chi connectivity index (χ1n) is 5.75. The molecule has 0 fully saturated rings. The number of aliphatic hydroxyl groups excluding tert-OH is 1. The van der Waals surface area contributed by atoms with E-state index in [-0.39, 0.29) is 5.82 Å². The van der Waals surface area contributed by atoms with Crippen LogP contribution in [0, 0.1) is 17.1 Å². The van der Waals surface area contributed by atoms with Crippen molar-refractivity contribution in [3.8, 4) is 17.6 Å². The molecule has 0 saturated carbocycles. The Morgan fingerprint density at radius 2 is 1.89 bits per heavy atom. The summed E-state index contributed by atoms with van der Waals surface area (Å²) in [5.74, 6) is 0.480. The van der Waals surface area contributed by atoms with Gasteiger partial charge in [0.1, 0.15) is 17.3 Å². The maximum absolute atomic E-state index is 12.8. The molecule has 0 aliphatic heterocycles. The second-order valence-corrected chi connectivity index (χ2v) is 4.10. The molecule has 0 aliphatic carbocycles. The highest BCUT2D eigenvalue weighted by Crippen LogP contribution is 2.30. The smallest absolute Gasteiger partial charge is 0.134 e. The van der Waals surface area contributed by atoms with Crippen LogP contribution in [0.1, 0.15) is 24.2 Å². The molecule has 19 heavy (non-hydrogen) atoms. The first-order chi connectivity index (χ1) is 9.10. The van der Waals surface area contributed by atoms with E-state index in [0.29, 0.717) is 22.6 Å². The van der Waals surface area contributed by atoms with Crippen LogP contribution in [0.5, 0.6) is 11.5 Å². The van der Waals surface area contributed by atoms with Gasteiger partial charge in [0.15, 0.2) is 0 Å². The molecule has 1 N–H and O–H groups in total. The van der Waals surface area contributed by atoms with E-state index in [4.69, 9.17) is 10.00 Å². The molecular formula is C15H12FNO2. The lowest BCUT2D eigenvalue weighted by atomic mass is 10.1. The third-order valence-corrected chi connectivity index (χ3v) is 2.63. The maximum atomic E-state index is 12.8. The first-order valence-corrected chi connectivity index (χ1v) is 5.75. The van der Waals surface area contributed by atoms with Crippen molar-refractivity contribution in [1.29, 1.82) is 5.26 Å². The normalized spacial score (nSPS) is 11.7. The van der Waals surface area contributed by atoms with Gasteiger partial charge in [-0.25, -0.2) is 4.39 Å². The number of benzene rings is 2. The Bertz CT molecular complexity index is 615. The zero-order valence-corrected chi connectivity index (χ0v) is 10.3. The van der Waals surface area contributed by atoms with Crippen LogP contribution in [0.25, 0.3) is 0 Å². The van der Waals surface area contributed by atoms with E-state index >= 15 is 0 Å². The number of hydrogen-bond acceptors (Lipinski definition) is 3. The molecule has 2 aromatic rings. The van der Waals surface area contributed by atoms with Gasteiger partial charge in [-0.3, -0.25) is 0 Å². The third-order valence-electron chi connectivity index (χ3n) is 2.63. The number of rotatable bonds is 3. The fourth-order valence-corrected chi connectivity index (χ4v) is 1.67. The number of nitriles is 1. The van der Waals surface area contributed by atoms with Crippen LogP contribution in [0.2, 0.25) is 0 Å². The highest BCUT2D eigenvalue weighted by molar-refractivity contribution is 5.45. The molecule has 0 radical (unpaired) electrons. The van der Waals surface area contributed by atoms with Crippen LogP contribution < -0.4 is 4.74 Å². The Morgan fingerprint density at radius 1 is 1.21 bits per heavy atom. The number of ether oxygens (including phenoxy) is 1. The third kappa shape index (κ3) is 3.09. The zero-order chi connectivity index (χ0) is 13.8. The molecule has 0 unspecified atom stereocenters. The van der Waals surface area contributed by atoms with Gasteiger partial charge in [0, 0.05) is 5.56 Å². The van der Waals surface area contributed by atoms with Crippen LogP contribution in [0.3, 0.4) is 0 Å². The van der Waals surface area contributed by atoms with Gasteiger partial charge in [-0.1, -0.05) is 6.07 Å². The molecule has 1 atom stereocenters. The lowest BCUT2D eigenvalue weighted by Crippen LogP contribution is -1.97. The van der Waals surface area contributed by atoms with Crippen molar-refractivity contribution in [3.63, 3.8) is 0 Å². The molecule has 0 amide bonds. The SMILES string of the molecule is C[C@H](O)c1ccc(C#N)cc1Oc1ccc(F)cc1. The van der Waals surface area contributed by atoms with E-state index in [1.54, 1.807) is 25.1 Å². The van der Waals surface area contributed by atoms with Crippen molar-refractivity contribution in [2.24, 2.45) is 0 Å². The van der Waals surface area contributed by atoms with Gasteiger partial charge >= 0.3 is 0 Å². The molecule has 2 rings (SSSR count). The summed E-state index contributed by atoms with van der Waals surface area (Å²) in [6.45, 7) is 1.61. The van der Waals surface area contributed by atoms with E-state index < -0.39 is 6.10 Å². The van der Waals surface area contributed by atoms with Crippen LogP contribution >= 0.6 is 0 Å². The first kappa shape index (κ1) is 13.1. The summed E-state index contributed by atoms with van der Waals surface area (Å²) in [7, 11) is 0. The Kier molecular flexibility index (Phi) is 3.79. The minimum atomic E-state index is -0.719. The Labute approximate surface area is 110 Å². The largest absolute Gasteiger partial charge is 0.457 e. The van der Waals surface area contributed by atoms with Crippen LogP contribution in [-0.2, 0) is 0 Å². The number of halogens is 1. The summed E-state index contributed by atoms with van der Waals surface area (Å²) in [5, 5.41) is 18.5. The standard InChI is InChI=1S/C15H12FNO2/c1-10(18)14-7-2-11(9-17)8-15(14)19-13-5-3-12(16)4-6-13/h2-8,10,18H,1H3/t10-/m0/s1. The van der Waals surface area contributed by atoms with Crippen molar-refractivity contribution in [3.05, 3.63) is 59.4 Å². The highest BCUT2D eigenvalue weighted by Gasteiger charge is 2.11. The molecule has 0 spiro atoms. The van der Waals surface area contributed by atoms with Crippen molar-refractivity contribution in [2.45, 2.75) is 13.0 Å². The predicted molar refractivity (Wildman–Crippen MR) is 68.3 cm³/mol. The van der Waals surface area contributed by atoms with Crippen LogP contribution in [0.15, 0.2) is 42.5 Å². The molecule has 0 saturated heterocycles. The topological polar surface area (TPSA) is 53.2 Å². The summed E-state index contributed by atoms with van der Waals surface area (Å²) in [6, 6.07) is 12.3. The van der Waals surface area contributed by atoms with Gasteiger partial charge in [-0.05, 0) is 43.3 Å². The Balaban J connectivity index is 2.37. The lowest BCUT2D eigenvalue weighted by Gasteiger charge is -2.13. The predicted octanol–water partition coefficient (Wildman–Crippen LogP) is 3.54. The maximum Gasteiger partial charge on any atom is 0.134 e. The quantitative estimate of drug-likeness (QED) is 0.914. The Morgan fingerprint density at radius 3 is 2.47 bits per heavy atom. The summed E-state index contributed by atoms with van der Waals surface area (Å²) in [5.41, 5.74) is 1.00. The van der Waals surface area contributed by atoms with Crippen molar-refractivity contribution in [2.75, 3.05) is 0 Å². The van der Waals surface area contributed by atoms with E-state index in [2.05, 4.69) is 0 Å². The fraction of sp³-hybridized carbons (Fsp3) is 0.133. The van der Waals surface area contributed by atoms with Crippen molar-refractivity contribution < 1.29 is 14.2 Å². The lowest BCUT2D eigenvalue weighted by molar-refractivity contribution is 0.195. The van der Waals surface area contributed by atoms with Gasteiger partial charge in [0.05, 0.1) is 17.7 Å². The number of aliphatic hydroxyl groups is 1. The van der Waals surface area contributed by atoms with Gasteiger partial charge < -0.3 is 9.84 Å².